The van der Waals surface area contributed by atoms with E-state index in [9.17, 15) is 9.59 Å². The first-order chi connectivity index (χ1) is 12.2. The van der Waals surface area contributed by atoms with E-state index in [1.54, 1.807) is 4.90 Å². The molecule has 1 aromatic rings. The van der Waals surface area contributed by atoms with Gasteiger partial charge in [0.2, 0.25) is 5.91 Å². The summed E-state index contributed by atoms with van der Waals surface area (Å²) in [5.41, 5.74) is 0.739. The molecule has 6 heteroatoms. The molecule has 1 atom stereocenters. The minimum Gasteiger partial charge on any atom is -0.313 e. The van der Waals surface area contributed by atoms with Gasteiger partial charge in [0.05, 0.1) is 0 Å². The Balaban J connectivity index is 1.60. The average molecular weight is 342 g/mol. The number of rotatable bonds is 2. The summed E-state index contributed by atoms with van der Waals surface area (Å²) in [4.78, 5) is 31.3. The highest BCUT2D eigenvalue weighted by molar-refractivity contribution is 6.02. The lowest BCUT2D eigenvalue weighted by atomic mass is 10.1. The Labute approximate surface area is 148 Å². The summed E-state index contributed by atoms with van der Waals surface area (Å²) in [5.74, 6) is 0.667. The number of carbonyl (C=O) groups excluding carboxylic acids is 2. The van der Waals surface area contributed by atoms with Crippen molar-refractivity contribution < 1.29 is 9.59 Å². The van der Waals surface area contributed by atoms with E-state index in [-0.39, 0.29) is 11.9 Å². The second-order valence-electron chi connectivity index (χ2n) is 6.63. The van der Waals surface area contributed by atoms with E-state index >= 15 is 0 Å². The summed E-state index contributed by atoms with van der Waals surface area (Å²) >= 11 is 0. The Morgan fingerprint density at radius 2 is 1.80 bits per heavy atom. The Kier molecular flexibility index (Phi) is 6.04. The topological polar surface area (TPSA) is 73.8 Å². The molecule has 1 unspecified atom stereocenters. The SMILES string of the molecule is O=C(NC1=NCCCCCC1)C1CCCN1C(=O)Nc1ccccc1. The van der Waals surface area contributed by atoms with Gasteiger partial charge < -0.3 is 15.5 Å². The standard InChI is InChI=1S/C19H26N4O2/c24-18(22-17-12-6-1-2-7-13-20-17)16-11-8-14-23(16)19(25)21-15-9-4-3-5-10-15/h3-5,9-10,16H,1-2,6-8,11-14H2,(H,21,25)(H,20,22,24). The van der Waals surface area contributed by atoms with Crippen molar-refractivity contribution in [2.45, 2.75) is 51.0 Å². The van der Waals surface area contributed by atoms with Crippen LogP contribution >= 0.6 is 0 Å². The molecule has 0 bridgehead atoms. The fourth-order valence-electron chi connectivity index (χ4n) is 3.38. The predicted molar refractivity (Wildman–Crippen MR) is 98.7 cm³/mol. The number of aliphatic imine (C=N–C) groups is 1. The molecule has 1 aromatic carbocycles. The Morgan fingerprint density at radius 3 is 2.64 bits per heavy atom. The van der Waals surface area contributed by atoms with Crippen molar-refractivity contribution >= 4 is 23.5 Å². The number of benzene rings is 1. The molecular formula is C19H26N4O2. The molecule has 0 radical (unpaired) electrons. The van der Waals surface area contributed by atoms with Gasteiger partial charge in [-0.25, -0.2) is 4.79 Å². The number of anilines is 1. The molecule has 2 aliphatic rings. The highest BCUT2D eigenvalue weighted by Crippen LogP contribution is 2.19. The van der Waals surface area contributed by atoms with Crippen molar-refractivity contribution in [1.82, 2.24) is 10.2 Å². The van der Waals surface area contributed by atoms with Crippen LogP contribution in [0.1, 0.15) is 44.9 Å². The summed E-state index contributed by atoms with van der Waals surface area (Å²) in [5, 5.41) is 5.83. The van der Waals surface area contributed by atoms with Crippen molar-refractivity contribution in [1.29, 1.82) is 0 Å². The molecule has 3 amide bonds. The molecule has 2 N–H and O–H groups in total. The normalized spacial score (nSPS) is 21.0. The number of nitrogens with one attached hydrogen (secondary N) is 2. The number of para-hydroxylation sites is 1. The molecule has 2 heterocycles. The lowest BCUT2D eigenvalue weighted by Gasteiger charge is -2.24. The second kappa shape index (κ2) is 8.65. The van der Waals surface area contributed by atoms with Crippen LogP contribution in [0.4, 0.5) is 10.5 Å². The third-order valence-corrected chi connectivity index (χ3v) is 4.73. The molecule has 25 heavy (non-hydrogen) atoms. The van der Waals surface area contributed by atoms with Gasteiger partial charge >= 0.3 is 6.03 Å². The van der Waals surface area contributed by atoms with E-state index in [2.05, 4.69) is 15.6 Å². The molecule has 134 valence electrons. The van der Waals surface area contributed by atoms with E-state index in [1.807, 2.05) is 30.3 Å². The highest BCUT2D eigenvalue weighted by Gasteiger charge is 2.34. The van der Waals surface area contributed by atoms with Gasteiger partial charge in [0.15, 0.2) is 0 Å². The number of amides is 3. The van der Waals surface area contributed by atoms with E-state index < -0.39 is 6.04 Å². The van der Waals surface area contributed by atoms with E-state index in [0.717, 1.165) is 43.8 Å². The number of hydrogen-bond acceptors (Lipinski definition) is 3. The monoisotopic (exact) mass is 342 g/mol. The van der Waals surface area contributed by atoms with Crippen molar-refractivity contribution in [3.8, 4) is 0 Å². The van der Waals surface area contributed by atoms with Crippen LogP contribution in [-0.2, 0) is 4.79 Å². The molecule has 1 fully saturated rings. The number of nitrogens with zero attached hydrogens (tertiary/aromatic N) is 2. The third-order valence-electron chi connectivity index (χ3n) is 4.73. The van der Waals surface area contributed by atoms with Gasteiger partial charge in [0.1, 0.15) is 11.9 Å². The second-order valence-corrected chi connectivity index (χ2v) is 6.63. The van der Waals surface area contributed by atoms with Gasteiger partial charge in [0, 0.05) is 25.2 Å². The highest BCUT2D eigenvalue weighted by atomic mass is 16.2. The van der Waals surface area contributed by atoms with Crippen LogP contribution in [0.3, 0.4) is 0 Å². The fraction of sp³-hybridized carbons (Fsp3) is 0.526. The molecule has 1 saturated heterocycles. The number of carbonyl (C=O) groups is 2. The number of likely N-dealkylation sites (tertiary alicyclic amines) is 1. The van der Waals surface area contributed by atoms with Crippen molar-refractivity contribution in [2.24, 2.45) is 4.99 Å². The minimum atomic E-state index is -0.420. The Hall–Kier alpha value is -2.37. The van der Waals surface area contributed by atoms with Crippen LogP contribution in [0.25, 0.3) is 0 Å². The van der Waals surface area contributed by atoms with Crippen molar-refractivity contribution in [3.63, 3.8) is 0 Å². The maximum Gasteiger partial charge on any atom is 0.322 e. The Morgan fingerprint density at radius 1 is 1.00 bits per heavy atom. The van der Waals surface area contributed by atoms with Crippen LogP contribution in [0.5, 0.6) is 0 Å². The smallest absolute Gasteiger partial charge is 0.313 e. The largest absolute Gasteiger partial charge is 0.322 e. The summed E-state index contributed by atoms with van der Waals surface area (Å²) in [6.07, 6.45) is 6.88. The van der Waals surface area contributed by atoms with Gasteiger partial charge in [-0.05, 0) is 37.8 Å². The molecule has 3 rings (SSSR count). The van der Waals surface area contributed by atoms with Gasteiger partial charge in [0.25, 0.3) is 0 Å². The quantitative estimate of drug-likeness (QED) is 0.866. The first-order valence-corrected chi connectivity index (χ1v) is 9.21. The zero-order chi connectivity index (χ0) is 17.5. The molecule has 2 aliphatic heterocycles. The maximum atomic E-state index is 12.7. The minimum absolute atomic E-state index is 0.111. The first-order valence-electron chi connectivity index (χ1n) is 9.21. The Bertz CT molecular complexity index is 630. The van der Waals surface area contributed by atoms with Gasteiger partial charge in [-0.3, -0.25) is 9.79 Å². The van der Waals surface area contributed by atoms with E-state index in [1.165, 1.54) is 12.8 Å². The number of amidine groups is 1. The van der Waals surface area contributed by atoms with Gasteiger partial charge in [-0.15, -0.1) is 0 Å². The summed E-state index contributed by atoms with van der Waals surface area (Å²) in [6, 6.07) is 8.68. The van der Waals surface area contributed by atoms with E-state index in [4.69, 9.17) is 0 Å². The third kappa shape index (κ3) is 4.81. The first kappa shape index (κ1) is 17.5. The van der Waals surface area contributed by atoms with Gasteiger partial charge in [-0.1, -0.05) is 31.0 Å². The molecule has 6 nitrogen and oxygen atoms in total. The number of urea groups is 1. The van der Waals surface area contributed by atoms with Crippen LogP contribution < -0.4 is 10.6 Å². The molecular weight excluding hydrogens is 316 g/mol. The fourth-order valence-corrected chi connectivity index (χ4v) is 3.38. The number of hydrogen-bond donors (Lipinski definition) is 2. The van der Waals surface area contributed by atoms with Crippen molar-refractivity contribution in [2.75, 3.05) is 18.4 Å². The molecule has 0 spiro atoms. The lowest BCUT2D eigenvalue weighted by Crippen LogP contribution is -2.49. The zero-order valence-corrected chi connectivity index (χ0v) is 14.5. The van der Waals surface area contributed by atoms with Crippen LogP contribution in [0.2, 0.25) is 0 Å². The zero-order valence-electron chi connectivity index (χ0n) is 14.5. The molecule has 0 saturated carbocycles. The van der Waals surface area contributed by atoms with E-state index in [0.29, 0.717) is 13.0 Å². The summed E-state index contributed by atoms with van der Waals surface area (Å²) in [7, 11) is 0. The van der Waals surface area contributed by atoms with Crippen LogP contribution in [-0.4, -0.2) is 41.8 Å². The molecule has 0 aliphatic carbocycles. The predicted octanol–water partition coefficient (Wildman–Crippen LogP) is 3.16. The lowest BCUT2D eigenvalue weighted by molar-refractivity contribution is -0.123. The molecule has 0 aromatic heterocycles. The van der Waals surface area contributed by atoms with Gasteiger partial charge in [-0.2, -0.15) is 0 Å². The van der Waals surface area contributed by atoms with Crippen LogP contribution in [0.15, 0.2) is 35.3 Å². The summed E-state index contributed by atoms with van der Waals surface area (Å²) in [6.45, 7) is 1.38. The average Bonchev–Trinajstić information content (AvgIpc) is 3.08. The maximum absolute atomic E-state index is 12.7. The summed E-state index contributed by atoms with van der Waals surface area (Å²) < 4.78 is 0. The van der Waals surface area contributed by atoms with Crippen molar-refractivity contribution in [3.05, 3.63) is 30.3 Å². The van der Waals surface area contributed by atoms with Crippen LogP contribution in [0, 0.1) is 0 Å².